The van der Waals surface area contributed by atoms with Crippen molar-refractivity contribution in [3.63, 3.8) is 0 Å². The minimum absolute atomic E-state index is 0. The van der Waals surface area contributed by atoms with Gasteiger partial charge in [0.1, 0.15) is 5.82 Å². The number of hydrogen-bond donors (Lipinski definition) is 2. The van der Waals surface area contributed by atoms with Crippen molar-refractivity contribution < 1.29 is 4.79 Å². The number of guanidine groups is 1. The van der Waals surface area contributed by atoms with Crippen LogP contribution in [0.15, 0.2) is 35.3 Å². The molecule has 0 bridgehead atoms. The largest absolute Gasteiger partial charge is 0.363 e. The SMILES string of the molecule is CCNC(=NCc1cc(N(C)C)nc2ccccc12)NC1CCC(=O)N(C)C1.I. The molecule has 1 amide bonds. The number of halogens is 1. The average molecular weight is 510 g/mol. The summed E-state index contributed by atoms with van der Waals surface area (Å²) in [6.07, 6.45) is 1.41. The highest BCUT2D eigenvalue weighted by molar-refractivity contribution is 14.0. The molecule has 0 aliphatic carbocycles. The first-order valence-corrected chi connectivity index (χ1v) is 9.82. The molecule has 2 heterocycles. The first-order valence-electron chi connectivity index (χ1n) is 9.82. The Morgan fingerprint density at radius 2 is 2.10 bits per heavy atom. The van der Waals surface area contributed by atoms with E-state index in [-0.39, 0.29) is 35.9 Å². The smallest absolute Gasteiger partial charge is 0.222 e. The molecular formula is C21H31IN6O. The molecule has 158 valence electrons. The number of likely N-dealkylation sites (N-methyl/N-ethyl adjacent to an activating group) is 1. The quantitative estimate of drug-likeness (QED) is 0.368. The van der Waals surface area contributed by atoms with Crippen molar-refractivity contribution in [3.05, 3.63) is 35.9 Å². The molecule has 1 unspecified atom stereocenters. The van der Waals surface area contributed by atoms with Gasteiger partial charge in [0.25, 0.3) is 0 Å². The van der Waals surface area contributed by atoms with Crippen LogP contribution in [0, 0.1) is 0 Å². The number of piperidine rings is 1. The summed E-state index contributed by atoms with van der Waals surface area (Å²) < 4.78 is 0. The van der Waals surface area contributed by atoms with E-state index in [0.29, 0.717) is 19.5 Å². The Morgan fingerprint density at radius 1 is 1.34 bits per heavy atom. The Bertz CT molecular complexity index is 869. The molecule has 0 radical (unpaired) electrons. The van der Waals surface area contributed by atoms with Crippen molar-refractivity contribution in [3.8, 4) is 0 Å². The van der Waals surface area contributed by atoms with E-state index < -0.39 is 0 Å². The summed E-state index contributed by atoms with van der Waals surface area (Å²) in [6.45, 7) is 4.10. The van der Waals surface area contributed by atoms with Crippen LogP contribution >= 0.6 is 24.0 Å². The van der Waals surface area contributed by atoms with E-state index in [1.165, 1.54) is 0 Å². The van der Waals surface area contributed by atoms with Gasteiger partial charge >= 0.3 is 0 Å². The zero-order valence-corrected chi connectivity index (χ0v) is 19.9. The number of amides is 1. The summed E-state index contributed by atoms with van der Waals surface area (Å²) >= 11 is 0. The Morgan fingerprint density at radius 3 is 2.79 bits per heavy atom. The van der Waals surface area contributed by atoms with Crippen LogP contribution in [0.3, 0.4) is 0 Å². The van der Waals surface area contributed by atoms with Gasteiger partial charge in [-0.2, -0.15) is 0 Å². The number of likely N-dealkylation sites (tertiary alicyclic amines) is 1. The third-order valence-corrected chi connectivity index (χ3v) is 4.97. The van der Waals surface area contributed by atoms with Crippen molar-refractivity contribution in [2.45, 2.75) is 32.4 Å². The molecule has 1 aliphatic rings. The zero-order valence-electron chi connectivity index (χ0n) is 17.6. The fourth-order valence-electron chi connectivity index (χ4n) is 3.40. The van der Waals surface area contributed by atoms with Gasteiger partial charge in [0.2, 0.25) is 5.91 Å². The molecule has 7 nitrogen and oxygen atoms in total. The number of para-hydroxylation sites is 1. The molecule has 0 spiro atoms. The van der Waals surface area contributed by atoms with E-state index in [1.807, 2.05) is 44.2 Å². The summed E-state index contributed by atoms with van der Waals surface area (Å²) in [5.41, 5.74) is 2.12. The van der Waals surface area contributed by atoms with Crippen LogP contribution in [-0.4, -0.2) is 62.0 Å². The minimum Gasteiger partial charge on any atom is -0.363 e. The average Bonchev–Trinajstić information content (AvgIpc) is 2.68. The number of aromatic nitrogens is 1. The van der Waals surface area contributed by atoms with E-state index in [9.17, 15) is 4.79 Å². The first kappa shape index (κ1) is 23.2. The second-order valence-electron chi connectivity index (χ2n) is 7.40. The van der Waals surface area contributed by atoms with Gasteiger partial charge in [-0.1, -0.05) is 18.2 Å². The molecule has 1 saturated heterocycles. The Labute approximate surface area is 190 Å². The molecule has 29 heavy (non-hydrogen) atoms. The highest BCUT2D eigenvalue weighted by Gasteiger charge is 2.23. The summed E-state index contributed by atoms with van der Waals surface area (Å²) in [5.74, 6) is 1.91. The minimum atomic E-state index is 0. The molecule has 1 atom stereocenters. The standard InChI is InChI=1S/C21H30N6O.HI/c1-5-22-21(24-16-10-11-20(28)27(4)14-16)23-13-15-12-19(26(2)3)25-18-9-7-6-8-17(15)18;/h6-9,12,16H,5,10-11,13-14H2,1-4H3,(H2,22,23,24);1H. The van der Waals surface area contributed by atoms with Crippen LogP contribution in [0.4, 0.5) is 5.82 Å². The van der Waals surface area contributed by atoms with E-state index >= 15 is 0 Å². The topological polar surface area (TPSA) is 72.9 Å². The summed E-state index contributed by atoms with van der Waals surface area (Å²) in [7, 11) is 5.85. The van der Waals surface area contributed by atoms with Crippen LogP contribution in [0.2, 0.25) is 0 Å². The number of nitrogens with zero attached hydrogens (tertiary/aromatic N) is 4. The van der Waals surface area contributed by atoms with Gasteiger partial charge in [-0.15, -0.1) is 24.0 Å². The predicted octanol–water partition coefficient (Wildman–Crippen LogP) is 2.59. The number of pyridine rings is 1. The van der Waals surface area contributed by atoms with Crippen molar-refractivity contribution in [1.29, 1.82) is 0 Å². The highest BCUT2D eigenvalue weighted by Crippen LogP contribution is 2.22. The zero-order chi connectivity index (χ0) is 20.1. The molecule has 1 fully saturated rings. The molecule has 2 N–H and O–H groups in total. The predicted molar refractivity (Wildman–Crippen MR) is 130 cm³/mol. The monoisotopic (exact) mass is 510 g/mol. The number of anilines is 1. The number of hydrogen-bond acceptors (Lipinski definition) is 4. The number of benzene rings is 1. The van der Waals surface area contributed by atoms with Crippen LogP contribution < -0.4 is 15.5 Å². The lowest BCUT2D eigenvalue weighted by atomic mass is 10.1. The van der Waals surface area contributed by atoms with E-state index in [2.05, 4.69) is 29.7 Å². The molecular weight excluding hydrogens is 479 g/mol. The second-order valence-corrected chi connectivity index (χ2v) is 7.40. The molecule has 8 heteroatoms. The molecule has 2 aromatic rings. The normalized spacial score (nSPS) is 17.1. The lowest BCUT2D eigenvalue weighted by molar-refractivity contribution is -0.132. The van der Waals surface area contributed by atoms with Gasteiger partial charge in [0.05, 0.1) is 12.1 Å². The first-order chi connectivity index (χ1) is 13.5. The summed E-state index contributed by atoms with van der Waals surface area (Å²) in [4.78, 5) is 25.0. The van der Waals surface area contributed by atoms with Gasteiger partial charge < -0.3 is 20.4 Å². The van der Waals surface area contributed by atoms with E-state index in [4.69, 9.17) is 9.98 Å². The van der Waals surface area contributed by atoms with Crippen LogP contribution in [0.25, 0.3) is 10.9 Å². The fourth-order valence-corrected chi connectivity index (χ4v) is 3.40. The van der Waals surface area contributed by atoms with Crippen molar-refractivity contribution in [1.82, 2.24) is 20.5 Å². The lowest BCUT2D eigenvalue weighted by Gasteiger charge is -2.31. The van der Waals surface area contributed by atoms with Gasteiger partial charge in [0.15, 0.2) is 5.96 Å². The van der Waals surface area contributed by atoms with Gasteiger partial charge in [-0.25, -0.2) is 9.98 Å². The number of fused-ring (bicyclic) bond motifs is 1. The lowest BCUT2D eigenvalue weighted by Crippen LogP contribution is -2.51. The van der Waals surface area contributed by atoms with Crippen molar-refractivity contribution >= 4 is 52.6 Å². The fraction of sp³-hybridized carbons (Fsp3) is 0.476. The van der Waals surface area contributed by atoms with Crippen LogP contribution in [0.5, 0.6) is 0 Å². The molecule has 0 saturated carbocycles. The molecule has 1 aliphatic heterocycles. The number of carbonyl (C=O) groups excluding carboxylic acids is 1. The number of nitrogens with one attached hydrogen (secondary N) is 2. The number of rotatable bonds is 5. The number of carbonyl (C=O) groups is 1. The highest BCUT2D eigenvalue weighted by atomic mass is 127. The van der Waals surface area contributed by atoms with E-state index in [0.717, 1.165) is 41.2 Å². The van der Waals surface area contributed by atoms with Gasteiger partial charge in [-0.3, -0.25) is 4.79 Å². The maximum Gasteiger partial charge on any atom is 0.222 e. The Hall–Kier alpha value is -2.10. The third kappa shape index (κ3) is 5.94. The molecule has 1 aromatic carbocycles. The third-order valence-electron chi connectivity index (χ3n) is 4.97. The Balaban J connectivity index is 0.00000300. The van der Waals surface area contributed by atoms with Crippen LogP contribution in [-0.2, 0) is 11.3 Å². The van der Waals surface area contributed by atoms with Crippen LogP contribution in [0.1, 0.15) is 25.3 Å². The molecule has 3 rings (SSSR count). The number of aliphatic imine (C=N–C) groups is 1. The molecule has 1 aromatic heterocycles. The second kappa shape index (κ2) is 10.6. The van der Waals surface area contributed by atoms with Crippen molar-refractivity contribution in [2.24, 2.45) is 4.99 Å². The van der Waals surface area contributed by atoms with E-state index in [1.54, 1.807) is 4.90 Å². The summed E-state index contributed by atoms with van der Waals surface area (Å²) in [6, 6.07) is 10.5. The maximum absolute atomic E-state index is 11.7. The van der Waals surface area contributed by atoms with Crippen molar-refractivity contribution in [2.75, 3.05) is 39.1 Å². The van der Waals surface area contributed by atoms with Gasteiger partial charge in [-0.05, 0) is 31.0 Å². The van der Waals surface area contributed by atoms with Gasteiger partial charge in [0, 0.05) is 52.1 Å². The summed E-state index contributed by atoms with van der Waals surface area (Å²) in [5, 5.41) is 7.92. The maximum atomic E-state index is 11.7. The Kier molecular flexibility index (Phi) is 8.48.